The average molecular weight is 346 g/mol. The molecule has 3 rings (SSSR count). The summed E-state index contributed by atoms with van der Waals surface area (Å²) in [6, 6.07) is 9.16. The fourth-order valence-corrected chi connectivity index (χ4v) is 3.02. The molecule has 0 spiro atoms. The van der Waals surface area contributed by atoms with Gasteiger partial charge < -0.3 is 15.0 Å². The number of hydrogen-bond donors (Lipinski definition) is 1. The minimum absolute atomic E-state index is 0.0157. The van der Waals surface area contributed by atoms with Crippen LogP contribution in [0.1, 0.15) is 23.2 Å². The Hall–Kier alpha value is -2.11. The van der Waals surface area contributed by atoms with E-state index in [-0.39, 0.29) is 5.91 Å². The predicted octanol–water partition coefficient (Wildman–Crippen LogP) is 3.35. The predicted molar refractivity (Wildman–Crippen MR) is 93.7 cm³/mol. The Kier molecular flexibility index (Phi) is 5.33. The van der Waals surface area contributed by atoms with E-state index < -0.39 is 0 Å². The number of hydrogen-bond acceptors (Lipinski definition) is 4. The number of halogens is 1. The maximum absolute atomic E-state index is 12.6. The first-order chi connectivity index (χ1) is 11.7. The highest BCUT2D eigenvalue weighted by Gasteiger charge is 2.23. The van der Waals surface area contributed by atoms with Crippen molar-refractivity contribution in [2.75, 3.05) is 20.1 Å². The number of nitrogens with one attached hydrogen (secondary N) is 1. The summed E-state index contributed by atoms with van der Waals surface area (Å²) in [5, 5.41) is 3.68. The Bertz CT molecular complexity index is 701. The number of piperidine rings is 1. The molecule has 2 heterocycles. The third-order valence-corrected chi connectivity index (χ3v) is 4.54. The van der Waals surface area contributed by atoms with Crippen molar-refractivity contribution < 1.29 is 9.53 Å². The van der Waals surface area contributed by atoms with E-state index in [1.54, 1.807) is 42.7 Å². The van der Waals surface area contributed by atoms with Crippen LogP contribution in [0.4, 0.5) is 0 Å². The molecular weight excluding hydrogens is 326 g/mol. The minimum atomic E-state index is 0.0157. The maximum atomic E-state index is 12.6. The van der Waals surface area contributed by atoms with E-state index in [1.807, 2.05) is 11.9 Å². The maximum Gasteiger partial charge on any atom is 0.253 e. The molecule has 1 aromatic heterocycles. The Morgan fingerprint density at radius 3 is 2.58 bits per heavy atom. The molecule has 0 radical (unpaired) electrons. The lowest BCUT2D eigenvalue weighted by molar-refractivity contribution is 0.0707. The normalized spacial score (nSPS) is 15.3. The van der Waals surface area contributed by atoms with Gasteiger partial charge in [-0.1, -0.05) is 11.6 Å². The molecule has 0 atom stereocenters. The van der Waals surface area contributed by atoms with Gasteiger partial charge in [0.05, 0.1) is 5.02 Å². The summed E-state index contributed by atoms with van der Waals surface area (Å²) in [4.78, 5) is 18.4. The van der Waals surface area contributed by atoms with Gasteiger partial charge in [0.2, 0.25) is 0 Å². The fourth-order valence-electron chi connectivity index (χ4n) is 2.80. The van der Waals surface area contributed by atoms with E-state index in [9.17, 15) is 4.79 Å². The lowest BCUT2D eigenvalue weighted by atomic mass is 10.0. The molecule has 1 saturated heterocycles. The van der Waals surface area contributed by atoms with E-state index in [2.05, 4.69) is 10.3 Å². The second-order valence-corrected chi connectivity index (χ2v) is 6.19. The molecule has 0 unspecified atom stereocenters. The van der Waals surface area contributed by atoms with Gasteiger partial charge in [0, 0.05) is 37.1 Å². The van der Waals surface area contributed by atoms with Gasteiger partial charge in [-0.25, -0.2) is 0 Å². The molecule has 1 N–H and O–H groups in total. The standard InChI is InChI=1S/C18H20ClN3O2/c1-20-14-6-10-22(11-7-14)18(23)13-2-3-17(16(19)12-13)24-15-4-8-21-9-5-15/h2-5,8-9,12,14,20H,6-7,10-11H2,1H3. The molecule has 1 aromatic carbocycles. The third-order valence-electron chi connectivity index (χ3n) is 4.25. The summed E-state index contributed by atoms with van der Waals surface area (Å²) in [7, 11) is 1.96. The van der Waals surface area contributed by atoms with Gasteiger partial charge in [-0.15, -0.1) is 0 Å². The van der Waals surface area contributed by atoms with Gasteiger partial charge in [0.15, 0.2) is 0 Å². The zero-order chi connectivity index (χ0) is 16.9. The van der Waals surface area contributed by atoms with E-state index in [0.717, 1.165) is 25.9 Å². The minimum Gasteiger partial charge on any atom is -0.456 e. The molecule has 0 aliphatic carbocycles. The Labute approximate surface area is 146 Å². The molecule has 0 saturated carbocycles. The van der Waals surface area contributed by atoms with Crippen molar-refractivity contribution in [3.05, 3.63) is 53.3 Å². The van der Waals surface area contributed by atoms with E-state index in [0.29, 0.717) is 28.1 Å². The van der Waals surface area contributed by atoms with Crippen molar-refractivity contribution in [1.29, 1.82) is 0 Å². The molecular formula is C18H20ClN3O2. The van der Waals surface area contributed by atoms with Crippen molar-refractivity contribution in [3.8, 4) is 11.5 Å². The van der Waals surface area contributed by atoms with Gasteiger partial charge in [-0.2, -0.15) is 0 Å². The number of benzene rings is 1. The van der Waals surface area contributed by atoms with Crippen molar-refractivity contribution in [2.45, 2.75) is 18.9 Å². The van der Waals surface area contributed by atoms with Crippen molar-refractivity contribution in [3.63, 3.8) is 0 Å². The van der Waals surface area contributed by atoms with Crippen molar-refractivity contribution >= 4 is 17.5 Å². The molecule has 126 valence electrons. The molecule has 1 fully saturated rings. The highest BCUT2D eigenvalue weighted by molar-refractivity contribution is 6.32. The van der Waals surface area contributed by atoms with Gasteiger partial charge in [0.1, 0.15) is 11.5 Å². The molecule has 24 heavy (non-hydrogen) atoms. The Morgan fingerprint density at radius 1 is 1.25 bits per heavy atom. The van der Waals surface area contributed by atoms with Crippen LogP contribution in [0, 0.1) is 0 Å². The first kappa shape index (κ1) is 16.7. The Morgan fingerprint density at radius 2 is 1.96 bits per heavy atom. The van der Waals surface area contributed by atoms with Gasteiger partial charge in [0.25, 0.3) is 5.91 Å². The lowest BCUT2D eigenvalue weighted by Gasteiger charge is -2.31. The number of amides is 1. The van der Waals surface area contributed by atoms with Crippen LogP contribution in [0.5, 0.6) is 11.5 Å². The number of ether oxygens (including phenoxy) is 1. The second-order valence-electron chi connectivity index (χ2n) is 5.79. The number of pyridine rings is 1. The second kappa shape index (κ2) is 7.64. The largest absolute Gasteiger partial charge is 0.456 e. The van der Waals surface area contributed by atoms with Crippen LogP contribution in [0.25, 0.3) is 0 Å². The molecule has 2 aromatic rings. The van der Waals surface area contributed by atoms with E-state index in [4.69, 9.17) is 16.3 Å². The smallest absolute Gasteiger partial charge is 0.253 e. The highest BCUT2D eigenvalue weighted by atomic mass is 35.5. The number of carbonyl (C=O) groups excluding carboxylic acids is 1. The average Bonchev–Trinajstić information content (AvgIpc) is 2.64. The highest BCUT2D eigenvalue weighted by Crippen LogP contribution is 2.30. The molecule has 5 nitrogen and oxygen atoms in total. The van der Waals surface area contributed by atoms with Crippen LogP contribution in [0.3, 0.4) is 0 Å². The van der Waals surface area contributed by atoms with E-state index >= 15 is 0 Å². The van der Waals surface area contributed by atoms with Crippen LogP contribution in [0.2, 0.25) is 5.02 Å². The lowest BCUT2D eigenvalue weighted by Crippen LogP contribution is -2.43. The summed E-state index contributed by atoms with van der Waals surface area (Å²) in [5.74, 6) is 1.19. The summed E-state index contributed by atoms with van der Waals surface area (Å²) in [6.45, 7) is 1.52. The first-order valence-corrected chi connectivity index (χ1v) is 8.39. The van der Waals surface area contributed by atoms with E-state index in [1.165, 1.54) is 0 Å². The summed E-state index contributed by atoms with van der Waals surface area (Å²) < 4.78 is 5.71. The van der Waals surface area contributed by atoms with Crippen LogP contribution >= 0.6 is 11.6 Å². The number of carbonyl (C=O) groups is 1. The van der Waals surface area contributed by atoms with Crippen LogP contribution < -0.4 is 10.1 Å². The topological polar surface area (TPSA) is 54.5 Å². The number of likely N-dealkylation sites (tertiary alicyclic amines) is 1. The third kappa shape index (κ3) is 3.86. The fraction of sp³-hybridized carbons (Fsp3) is 0.333. The van der Waals surface area contributed by atoms with Crippen molar-refractivity contribution in [1.82, 2.24) is 15.2 Å². The van der Waals surface area contributed by atoms with Crippen LogP contribution in [-0.4, -0.2) is 42.0 Å². The number of aromatic nitrogens is 1. The summed E-state index contributed by atoms with van der Waals surface area (Å²) >= 11 is 6.29. The van der Waals surface area contributed by atoms with Gasteiger partial charge in [-0.3, -0.25) is 9.78 Å². The molecule has 1 aliphatic rings. The molecule has 1 amide bonds. The molecule has 1 aliphatic heterocycles. The summed E-state index contributed by atoms with van der Waals surface area (Å²) in [6.07, 6.45) is 5.24. The molecule has 6 heteroatoms. The first-order valence-electron chi connectivity index (χ1n) is 8.01. The quantitative estimate of drug-likeness (QED) is 0.923. The SMILES string of the molecule is CNC1CCN(C(=O)c2ccc(Oc3ccncc3)c(Cl)c2)CC1. The number of rotatable bonds is 4. The van der Waals surface area contributed by atoms with Gasteiger partial charge >= 0.3 is 0 Å². The van der Waals surface area contributed by atoms with Gasteiger partial charge in [-0.05, 0) is 50.2 Å². The zero-order valence-corrected chi connectivity index (χ0v) is 14.3. The van der Waals surface area contributed by atoms with Crippen LogP contribution in [-0.2, 0) is 0 Å². The number of nitrogens with zero attached hydrogens (tertiary/aromatic N) is 2. The summed E-state index contributed by atoms with van der Waals surface area (Å²) in [5.41, 5.74) is 0.588. The van der Waals surface area contributed by atoms with Crippen LogP contribution in [0.15, 0.2) is 42.7 Å². The monoisotopic (exact) mass is 345 g/mol. The Balaban J connectivity index is 1.69. The molecule has 0 bridgehead atoms. The zero-order valence-electron chi connectivity index (χ0n) is 13.5. The van der Waals surface area contributed by atoms with Crippen molar-refractivity contribution in [2.24, 2.45) is 0 Å².